The van der Waals surface area contributed by atoms with Gasteiger partial charge in [0.15, 0.2) is 0 Å². The van der Waals surface area contributed by atoms with Crippen LogP contribution < -0.4 is 0 Å². The van der Waals surface area contributed by atoms with Crippen LogP contribution in [0.4, 0.5) is 0 Å². The van der Waals surface area contributed by atoms with Crippen LogP contribution in [-0.2, 0) is 0 Å². The van der Waals surface area contributed by atoms with Crippen LogP contribution in [0.15, 0.2) is 12.1 Å². The largest absolute Gasteiger partial charge is 0.276 e. The zero-order valence-corrected chi connectivity index (χ0v) is 8.14. The van der Waals surface area contributed by atoms with Crippen molar-refractivity contribution in [3.63, 3.8) is 0 Å². The minimum atomic E-state index is -0.481. The molecule has 0 spiro atoms. The number of carbonyl (C=O) groups is 1. The molecule has 0 aliphatic rings. The third-order valence-corrected chi connectivity index (χ3v) is 2.11. The minimum absolute atomic E-state index is 0.471. The van der Waals surface area contributed by atoms with Crippen LogP contribution in [0.3, 0.4) is 0 Å². The Kier molecular flexibility index (Phi) is 2.69. The molecular formula is C10H8ClNO. The van der Waals surface area contributed by atoms with E-state index in [-0.39, 0.29) is 0 Å². The summed E-state index contributed by atoms with van der Waals surface area (Å²) in [5, 5.41) is 8.22. The summed E-state index contributed by atoms with van der Waals surface area (Å²) in [4.78, 5) is 10.9. The molecule has 0 bridgehead atoms. The van der Waals surface area contributed by atoms with Gasteiger partial charge in [-0.3, -0.25) is 4.79 Å². The van der Waals surface area contributed by atoms with Crippen molar-refractivity contribution in [2.24, 2.45) is 0 Å². The highest BCUT2D eigenvalue weighted by Crippen LogP contribution is 2.16. The van der Waals surface area contributed by atoms with E-state index in [1.54, 1.807) is 26.0 Å². The number of carbonyl (C=O) groups excluding carboxylic acids is 1. The molecule has 3 heteroatoms. The summed E-state index contributed by atoms with van der Waals surface area (Å²) < 4.78 is 0. The highest BCUT2D eigenvalue weighted by Gasteiger charge is 2.08. The summed E-state index contributed by atoms with van der Waals surface area (Å²) in [7, 11) is 0. The zero-order valence-electron chi connectivity index (χ0n) is 7.39. The van der Waals surface area contributed by atoms with Crippen LogP contribution in [0.25, 0.3) is 0 Å². The topological polar surface area (TPSA) is 40.9 Å². The van der Waals surface area contributed by atoms with E-state index in [1.807, 2.05) is 6.07 Å². The van der Waals surface area contributed by atoms with Crippen molar-refractivity contribution in [2.45, 2.75) is 13.8 Å². The fraction of sp³-hybridized carbons (Fsp3) is 0.200. The average Bonchev–Trinajstić information content (AvgIpc) is 2.07. The molecule has 0 amide bonds. The van der Waals surface area contributed by atoms with Gasteiger partial charge < -0.3 is 0 Å². The van der Waals surface area contributed by atoms with E-state index in [1.165, 1.54) is 0 Å². The molecule has 66 valence electrons. The second kappa shape index (κ2) is 3.59. The van der Waals surface area contributed by atoms with Gasteiger partial charge in [0.2, 0.25) is 0 Å². The molecule has 0 fully saturated rings. The maximum Gasteiger partial charge on any atom is 0.252 e. The van der Waals surface area contributed by atoms with Crippen molar-refractivity contribution < 1.29 is 4.79 Å². The summed E-state index contributed by atoms with van der Waals surface area (Å²) in [6, 6.07) is 5.36. The standard InChI is InChI=1S/C10H8ClNO/c1-6-4-9(10(11)13)7(2)3-8(6)5-12/h3-4H,1-2H3. The molecule has 13 heavy (non-hydrogen) atoms. The maximum absolute atomic E-state index is 10.9. The first-order valence-corrected chi connectivity index (χ1v) is 4.15. The molecule has 0 aliphatic carbocycles. The van der Waals surface area contributed by atoms with E-state index < -0.39 is 5.24 Å². The fourth-order valence-electron chi connectivity index (χ4n) is 1.15. The summed E-state index contributed by atoms with van der Waals surface area (Å²) in [6.07, 6.45) is 0. The predicted octanol–water partition coefficient (Wildman–Crippen LogP) is 2.55. The SMILES string of the molecule is Cc1cc(C(=O)Cl)c(C)cc1C#N. The van der Waals surface area contributed by atoms with E-state index in [0.717, 1.165) is 11.1 Å². The smallest absolute Gasteiger partial charge is 0.252 e. The van der Waals surface area contributed by atoms with E-state index >= 15 is 0 Å². The molecule has 1 rings (SSSR count). The lowest BCUT2D eigenvalue weighted by molar-refractivity contribution is 0.108. The molecule has 0 aliphatic heterocycles. The first-order valence-electron chi connectivity index (χ1n) is 3.77. The number of nitriles is 1. The van der Waals surface area contributed by atoms with Gasteiger partial charge in [0.05, 0.1) is 11.6 Å². The number of aryl methyl sites for hydroxylation is 2. The third kappa shape index (κ3) is 1.88. The van der Waals surface area contributed by atoms with Crippen LogP contribution in [0.5, 0.6) is 0 Å². The predicted molar refractivity (Wildman–Crippen MR) is 50.8 cm³/mol. The Morgan fingerprint density at radius 3 is 2.46 bits per heavy atom. The summed E-state index contributed by atoms with van der Waals surface area (Å²) >= 11 is 5.35. The van der Waals surface area contributed by atoms with Crippen LogP contribution in [0.1, 0.15) is 27.0 Å². The molecule has 0 aromatic heterocycles. The van der Waals surface area contributed by atoms with Crippen LogP contribution in [-0.4, -0.2) is 5.24 Å². The highest BCUT2D eigenvalue weighted by molar-refractivity contribution is 6.67. The van der Waals surface area contributed by atoms with E-state index in [4.69, 9.17) is 16.9 Å². The molecule has 0 saturated carbocycles. The van der Waals surface area contributed by atoms with Gasteiger partial charge in [0.25, 0.3) is 5.24 Å². The summed E-state index contributed by atoms with van der Waals surface area (Å²) in [6.45, 7) is 3.54. The molecule has 2 nitrogen and oxygen atoms in total. The van der Waals surface area contributed by atoms with E-state index in [9.17, 15) is 4.79 Å². The van der Waals surface area contributed by atoms with Crippen molar-refractivity contribution >= 4 is 16.8 Å². The van der Waals surface area contributed by atoms with Crippen molar-refractivity contribution in [2.75, 3.05) is 0 Å². The Morgan fingerprint density at radius 1 is 1.38 bits per heavy atom. The first kappa shape index (κ1) is 9.76. The molecule has 1 aromatic rings. The molecule has 0 N–H and O–H groups in total. The van der Waals surface area contributed by atoms with Gasteiger partial charge in [0, 0.05) is 5.56 Å². The van der Waals surface area contributed by atoms with Crippen molar-refractivity contribution in [1.82, 2.24) is 0 Å². The Balaban J connectivity index is 3.39. The monoisotopic (exact) mass is 193 g/mol. The van der Waals surface area contributed by atoms with Crippen LogP contribution >= 0.6 is 11.6 Å². The van der Waals surface area contributed by atoms with Crippen LogP contribution in [0, 0.1) is 25.2 Å². The molecule has 0 heterocycles. The Hall–Kier alpha value is -1.33. The van der Waals surface area contributed by atoms with E-state index in [0.29, 0.717) is 11.1 Å². The number of halogens is 1. The average molecular weight is 194 g/mol. The number of nitrogens with zero attached hydrogens (tertiary/aromatic N) is 1. The normalized spacial score (nSPS) is 9.38. The molecule has 1 aromatic carbocycles. The van der Waals surface area contributed by atoms with Gasteiger partial charge in [0.1, 0.15) is 0 Å². The molecule has 0 radical (unpaired) electrons. The van der Waals surface area contributed by atoms with Crippen LogP contribution in [0.2, 0.25) is 0 Å². The highest BCUT2D eigenvalue weighted by atomic mass is 35.5. The van der Waals surface area contributed by atoms with Gasteiger partial charge >= 0.3 is 0 Å². The second-order valence-corrected chi connectivity index (χ2v) is 3.21. The number of benzene rings is 1. The van der Waals surface area contributed by atoms with Crippen molar-refractivity contribution in [3.8, 4) is 6.07 Å². The van der Waals surface area contributed by atoms with Gasteiger partial charge in [-0.15, -0.1) is 0 Å². The quantitative estimate of drug-likeness (QED) is 0.644. The number of rotatable bonds is 1. The molecular weight excluding hydrogens is 186 g/mol. The third-order valence-electron chi connectivity index (χ3n) is 1.90. The summed E-state index contributed by atoms with van der Waals surface area (Å²) in [5.74, 6) is 0. The lowest BCUT2D eigenvalue weighted by atomic mass is 10.0. The number of hydrogen-bond acceptors (Lipinski definition) is 2. The Bertz CT molecular complexity index is 404. The Morgan fingerprint density at radius 2 is 2.00 bits per heavy atom. The first-order chi connectivity index (χ1) is 6.06. The van der Waals surface area contributed by atoms with Gasteiger partial charge in [-0.1, -0.05) is 0 Å². The van der Waals surface area contributed by atoms with Crippen molar-refractivity contribution in [1.29, 1.82) is 5.26 Å². The molecule has 0 saturated heterocycles. The van der Waals surface area contributed by atoms with E-state index in [2.05, 4.69) is 0 Å². The minimum Gasteiger partial charge on any atom is -0.276 e. The fourth-order valence-corrected chi connectivity index (χ4v) is 1.35. The van der Waals surface area contributed by atoms with Crippen molar-refractivity contribution in [3.05, 3.63) is 34.4 Å². The molecule has 0 atom stereocenters. The second-order valence-electron chi connectivity index (χ2n) is 2.87. The lowest BCUT2D eigenvalue weighted by Gasteiger charge is -2.03. The Labute approximate surface area is 81.7 Å². The van der Waals surface area contributed by atoms with Gasteiger partial charge in [-0.05, 0) is 48.7 Å². The summed E-state index contributed by atoms with van der Waals surface area (Å²) in [5.41, 5.74) is 2.57. The van der Waals surface area contributed by atoms with Gasteiger partial charge in [-0.2, -0.15) is 5.26 Å². The number of hydrogen-bond donors (Lipinski definition) is 0. The van der Waals surface area contributed by atoms with Gasteiger partial charge in [-0.25, -0.2) is 0 Å². The maximum atomic E-state index is 10.9. The lowest BCUT2D eigenvalue weighted by Crippen LogP contribution is -1.96. The molecule has 0 unspecified atom stereocenters. The zero-order chi connectivity index (χ0) is 10.0.